The van der Waals surface area contributed by atoms with Crippen LogP contribution in [0.4, 0.5) is 17.5 Å². The van der Waals surface area contributed by atoms with Crippen molar-refractivity contribution in [3.8, 4) is 120 Å². The Morgan fingerprint density at radius 2 is 0.789 bits per heavy atom. The topological polar surface area (TPSA) is 289 Å². The number of piperazine rings is 3. The van der Waals surface area contributed by atoms with Crippen molar-refractivity contribution in [2.24, 2.45) is 56.1 Å². The van der Waals surface area contributed by atoms with E-state index >= 15 is 0 Å². The minimum absolute atomic E-state index is 0.0448. The summed E-state index contributed by atoms with van der Waals surface area (Å²) in [6.45, 7) is 10.1. The van der Waals surface area contributed by atoms with Gasteiger partial charge in [0.05, 0.1) is 70.4 Å². The summed E-state index contributed by atoms with van der Waals surface area (Å²) in [6, 6.07) is 25.1. The molecule has 0 aromatic carbocycles. The molecule has 4 aliphatic carbocycles. The third-order valence-electron chi connectivity index (χ3n) is 26.4. The van der Waals surface area contributed by atoms with Crippen molar-refractivity contribution in [1.82, 2.24) is 92.7 Å². The molecule has 8 aliphatic rings. The second-order valence-electron chi connectivity index (χ2n) is 34.3. The number of carbonyl (C=O) groups is 3. The summed E-state index contributed by atoms with van der Waals surface area (Å²) >= 11 is 0. The summed E-state index contributed by atoms with van der Waals surface area (Å²) in [7, 11) is 7.74. The van der Waals surface area contributed by atoms with Crippen LogP contribution in [0.2, 0.25) is 0 Å². The number of aryl methyl sites for hydroxylation is 3. The lowest BCUT2D eigenvalue weighted by Gasteiger charge is -2.34. The smallest absolute Gasteiger partial charge is 0.298 e. The average Bonchev–Trinajstić information content (AvgIpc) is 1.69. The van der Waals surface area contributed by atoms with Crippen LogP contribution in [0.25, 0.3) is 83.3 Å². The first-order valence-electron chi connectivity index (χ1n) is 43.0. The van der Waals surface area contributed by atoms with E-state index in [1.54, 1.807) is 46.2 Å². The number of carbonyl (C=O) groups excluding carboxylic acids is 3. The molecule has 8 fully saturated rings. The Labute approximate surface area is 714 Å². The van der Waals surface area contributed by atoms with Crippen LogP contribution in [0, 0.1) is 105 Å². The molecule has 12 aromatic rings. The number of anilines is 3. The molecule has 123 heavy (non-hydrogen) atoms. The summed E-state index contributed by atoms with van der Waals surface area (Å²) in [5.74, 6) is 24.0. The van der Waals surface area contributed by atoms with Gasteiger partial charge in [0.2, 0.25) is 0 Å². The van der Waals surface area contributed by atoms with Gasteiger partial charge in [-0.1, -0.05) is 49.9 Å². The van der Waals surface area contributed by atoms with Gasteiger partial charge in [0.15, 0.2) is 0 Å². The monoisotopic (exact) mass is 1640 g/mol. The molecule has 3 amide bonds. The first kappa shape index (κ1) is 80.1. The van der Waals surface area contributed by atoms with Crippen LogP contribution in [-0.2, 0) is 35.5 Å². The van der Waals surface area contributed by atoms with Crippen molar-refractivity contribution in [2.45, 2.75) is 89.9 Å². The SMILES string of the molecule is CN1CCC(C#CC(=O)N2CCN(c3ccc(-c4cc(-c5cnn(C)c5)cn5ncc(C#N)c45)cn3)CC2)C1.Cn1cc(-c2cc(-c3ccc(N4CCN(C(=O)C#CC5CC6CCCC6C5)CC4)nc3)c3c(C#N)cnn3c2)cn1.Cn1cc(-c2cc(-c3ccc(N4CCN(C(=O)C#CCC5CCC6(CCCC6)C5)CC4)nc3)c3c(C#N)cnn3c2)cn1. The lowest BCUT2D eigenvalue weighted by atomic mass is 9.83. The third-order valence-corrected chi connectivity index (χ3v) is 26.4. The summed E-state index contributed by atoms with van der Waals surface area (Å²) in [5, 5.41) is 55.3. The molecule has 28 heteroatoms. The molecule has 20 rings (SSSR count). The third kappa shape index (κ3) is 17.3. The molecule has 4 unspecified atom stereocenters. The standard InChI is InChI=1S/C34H36N8O.C32H32N8O.C29H29N9O/c1-39-23-29(22-37-39)27-17-30(33-28(19-35)21-38-42(33)24-27)26-7-8-31(36-20-26)40-13-15-41(16-14-40)32(43)6-4-5-25-9-12-34(18-25)10-2-3-11-34;1-37-20-28(19-35-37)26-15-29(32-27(16-33)18-36-40(32)21-26)25-6-7-30(34-17-25)38-9-11-39(12-10-38)31(41)8-5-22-13-23-3-2-4-24(23)14-22;1-34-8-7-21(18-34)3-6-28(39)37-11-9-36(10-12-37)27-5-4-22(15-31-27)26-13-23(25-17-32-35(2)19-25)20-38-29(26)24(14-30)16-33-38/h7-8,17,20-25H,2-3,5,9-16,18H2,1H3;6-7,15,17-24H,2-4,9-14H2,1H3;4-5,13,15-17,19-21H,7-12,18H2,1-2H3. The first-order valence-corrected chi connectivity index (χ1v) is 43.0. The van der Waals surface area contributed by atoms with Gasteiger partial charge in [-0.2, -0.15) is 46.4 Å². The highest BCUT2D eigenvalue weighted by Gasteiger charge is 2.41. The van der Waals surface area contributed by atoms with Gasteiger partial charge >= 0.3 is 0 Å². The highest BCUT2D eigenvalue weighted by Crippen LogP contribution is 2.53. The fourth-order valence-corrected chi connectivity index (χ4v) is 19.7. The molecule has 28 nitrogen and oxygen atoms in total. The van der Waals surface area contributed by atoms with E-state index in [1.165, 1.54) is 77.0 Å². The predicted molar refractivity (Wildman–Crippen MR) is 468 cm³/mol. The zero-order valence-electron chi connectivity index (χ0n) is 69.9. The molecule has 4 saturated heterocycles. The van der Waals surface area contributed by atoms with Gasteiger partial charge in [-0.25, -0.2) is 28.5 Å². The fourth-order valence-electron chi connectivity index (χ4n) is 19.7. The Balaban J connectivity index is 0.000000126. The fraction of sp³-hybridized carbons (Fsp3) is 0.400. The Hall–Kier alpha value is -13.9. The van der Waals surface area contributed by atoms with Crippen LogP contribution < -0.4 is 14.7 Å². The van der Waals surface area contributed by atoms with E-state index in [4.69, 9.17) is 15.0 Å². The van der Waals surface area contributed by atoms with Crippen molar-refractivity contribution < 1.29 is 14.4 Å². The summed E-state index contributed by atoms with van der Waals surface area (Å²) in [4.78, 5) is 67.0. The lowest BCUT2D eigenvalue weighted by molar-refractivity contribution is -0.126. The molecule has 4 atom stereocenters. The second kappa shape index (κ2) is 35.0. The number of hydrogen-bond acceptors (Lipinski definition) is 19. The molecule has 0 radical (unpaired) electrons. The van der Waals surface area contributed by atoms with Gasteiger partial charge in [-0.3, -0.25) is 28.4 Å². The van der Waals surface area contributed by atoms with Crippen LogP contribution in [-0.4, -0.2) is 209 Å². The number of pyridine rings is 6. The van der Waals surface area contributed by atoms with Crippen molar-refractivity contribution >= 4 is 51.7 Å². The normalized spacial score (nSPS) is 19.7. The molecule has 12 aromatic heterocycles. The van der Waals surface area contributed by atoms with Crippen LogP contribution in [0.15, 0.2) is 148 Å². The van der Waals surface area contributed by atoms with Crippen LogP contribution in [0.1, 0.15) is 107 Å². The highest BCUT2D eigenvalue weighted by atomic mass is 16.2. The average molecular weight is 1640 g/mol. The van der Waals surface area contributed by atoms with E-state index in [1.807, 2.05) is 147 Å². The maximum absolute atomic E-state index is 12.8. The number of rotatable bonds is 10. The van der Waals surface area contributed by atoms with E-state index in [2.05, 4.69) is 129 Å². The molecule has 620 valence electrons. The van der Waals surface area contributed by atoms with E-state index in [-0.39, 0.29) is 17.7 Å². The van der Waals surface area contributed by atoms with Gasteiger partial charge in [0, 0.05) is 247 Å². The maximum Gasteiger partial charge on any atom is 0.298 e. The van der Waals surface area contributed by atoms with Crippen LogP contribution in [0.5, 0.6) is 0 Å². The number of hydrogen-bond donors (Lipinski definition) is 0. The van der Waals surface area contributed by atoms with Crippen molar-refractivity contribution in [3.05, 3.63) is 164 Å². The molecule has 0 bridgehead atoms. The number of amides is 3. The van der Waals surface area contributed by atoms with E-state index in [0.29, 0.717) is 105 Å². The molecule has 16 heterocycles. The minimum atomic E-state index is -0.0841. The lowest BCUT2D eigenvalue weighted by Crippen LogP contribution is -2.48. The van der Waals surface area contributed by atoms with Crippen molar-refractivity contribution in [3.63, 3.8) is 0 Å². The van der Waals surface area contributed by atoms with Gasteiger partial charge in [0.25, 0.3) is 17.7 Å². The molecular weight excluding hydrogens is 1540 g/mol. The Morgan fingerprint density at radius 1 is 0.398 bits per heavy atom. The number of fused-ring (bicyclic) bond motifs is 4. The van der Waals surface area contributed by atoms with Crippen LogP contribution in [0.3, 0.4) is 0 Å². The Morgan fingerprint density at radius 3 is 1.14 bits per heavy atom. The van der Waals surface area contributed by atoms with Gasteiger partial charge in [-0.15, -0.1) is 0 Å². The van der Waals surface area contributed by atoms with E-state index in [9.17, 15) is 30.2 Å². The number of aromatic nitrogens is 15. The van der Waals surface area contributed by atoms with Gasteiger partial charge < -0.3 is 34.3 Å². The summed E-state index contributed by atoms with van der Waals surface area (Å²) in [5.41, 5.74) is 15.5. The predicted octanol–water partition coefficient (Wildman–Crippen LogP) is 11.5. The quantitative estimate of drug-likeness (QED) is 0.115. The molecule has 4 saturated carbocycles. The summed E-state index contributed by atoms with van der Waals surface area (Å²) < 4.78 is 10.5. The van der Waals surface area contributed by atoms with Crippen molar-refractivity contribution in [1.29, 1.82) is 15.8 Å². The molecule has 4 aliphatic heterocycles. The molecule has 1 spiro atoms. The zero-order valence-corrected chi connectivity index (χ0v) is 69.9. The number of nitriles is 3. The Kier molecular flexibility index (Phi) is 22.8. The van der Waals surface area contributed by atoms with E-state index < -0.39 is 0 Å². The maximum atomic E-state index is 12.8. The van der Waals surface area contributed by atoms with E-state index in [0.717, 1.165) is 152 Å². The van der Waals surface area contributed by atoms with Gasteiger partial charge in [-0.05, 0) is 160 Å². The second-order valence-corrected chi connectivity index (χ2v) is 34.3. The highest BCUT2D eigenvalue weighted by molar-refractivity contribution is 5.96. The number of likely N-dealkylation sites (tertiary alicyclic amines) is 1. The zero-order chi connectivity index (χ0) is 84.2. The summed E-state index contributed by atoms with van der Waals surface area (Å²) in [6.07, 6.45) is 45.2. The minimum Gasteiger partial charge on any atom is -0.353 e. The van der Waals surface area contributed by atoms with Crippen molar-refractivity contribution in [2.75, 3.05) is 113 Å². The van der Waals surface area contributed by atoms with Gasteiger partial charge in [0.1, 0.15) is 35.7 Å². The molecular formula is C95H97N25O3. The number of nitrogens with zero attached hydrogens (tertiary/aromatic N) is 25. The largest absolute Gasteiger partial charge is 0.353 e. The first-order chi connectivity index (χ1) is 60.0. The van der Waals surface area contributed by atoms with Crippen LogP contribution >= 0.6 is 0 Å². The Bertz CT molecular complexity index is 6280. The molecule has 0 N–H and O–H groups in total.